The molecule has 0 aliphatic carbocycles. The van der Waals surface area contributed by atoms with Crippen LogP contribution in [-0.4, -0.2) is 6.54 Å². The lowest BCUT2D eigenvalue weighted by Crippen LogP contribution is -1.92. The number of nitrogens with zero attached hydrogens (tertiary/aromatic N) is 4. The molecule has 0 saturated heterocycles. The van der Waals surface area contributed by atoms with Gasteiger partial charge in [-0.15, -0.1) is 0 Å². The lowest BCUT2D eigenvalue weighted by molar-refractivity contribution is 0.995. The molecular formula is C11H11N5. The van der Waals surface area contributed by atoms with E-state index in [4.69, 9.17) is 16.5 Å². The summed E-state index contributed by atoms with van der Waals surface area (Å²) in [5.74, 6) is 0. The Balaban J connectivity index is 2.78. The Morgan fingerprint density at radius 2 is 2.38 bits per heavy atom. The third-order valence-electron chi connectivity index (χ3n) is 2.00. The molecule has 1 aromatic carbocycles. The monoisotopic (exact) mass is 213 g/mol. The van der Waals surface area contributed by atoms with Gasteiger partial charge in [-0.05, 0) is 23.6 Å². The molecule has 0 aliphatic heterocycles. The fourth-order valence-electron chi connectivity index (χ4n) is 1.24. The molecule has 0 amide bonds. The first kappa shape index (κ1) is 11.6. The maximum absolute atomic E-state index is 8.91. The van der Waals surface area contributed by atoms with Gasteiger partial charge >= 0.3 is 0 Å². The molecule has 0 aliphatic rings. The van der Waals surface area contributed by atoms with Gasteiger partial charge in [-0.3, -0.25) is 0 Å². The van der Waals surface area contributed by atoms with Crippen LogP contribution in [0, 0.1) is 11.3 Å². The lowest BCUT2D eigenvalue weighted by Gasteiger charge is -2.00. The summed E-state index contributed by atoms with van der Waals surface area (Å²) in [5.41, 5.74) is 15.5. The lowest BCUT2D eigenvalue weighted by atomic mass is 10.1. The van der Waals surface area contributed by atoms with Crippen LogP contribution in [0.5, 0.6) is 0 Å². The van der Waals surface area contributed by atoms with Crippen molar-refractivity contribution in [2.24, 2.45) is 5.11 Å². The molecule has 0 fully saturated rings. The van der Waals surface area contributed by atoms with Crippen LogP contribution in [0.4, 0.5) is 5.69 Å². The molecule has 0 aromatic heterocycles. The number of nitriles is 1. The third-order valence-corrected chi connectivity index (χ3v) is 2.00. The Labute approximate surface area is 93.4 Å². The second kappa shape index (κ2) is 6.12. The van der Waals surface area contributed by atoms with Crippen molar-refractivity contribution in [2.75, 3.05) is 12.3 Å². The van der Waals surface area contributed by atoms with Crippen LogP contribution < -0.4 is 5.73 Å². The van der Waals surface area contributed by atoms with Crippen LogP contribution in [0.1, 0.15) is 17.5 Å². The Hall–Kier alpha value is -2.44. The zero-order valence-electron chi connectivity index (χ0n) is 8.67. The fraction of sp³-hybridized carbons (Fsp3) is 0.182. The van der Waals surface area contributed by atoms with Gasteiger partial charge in [-0.1, -0.05) is 29.4 Å². The molecule has 1 rings (SSSR count). The first-order valence-corrected chi connectivity index (χ1v) is 4.75. The predicted molar refractivity (Wildman–Crippen MR) is 63.2 cm³/mol. The van der Waals surface area contributed by atoms with Crippen molar-refractivity contribution >= 4 is 11.8 Å². The summed E-state index contributed by atoms with van der Waals surface area (Å²) in [7, 11) is 0. The maximum atomic E-state index is 8.91. The van der Waals surface area contributed by atoms with Gasteiger partial charge < -0.3 is 5.73 Å². The molecule has 2 N–H and O–H groups in total. The van der Waals surface area contributed by atoms with E-state index in [-0.39, 0.29) is 0 Å². The van der Waals surface area contributed by atoms with Crippen molar-refractivity contribution in [1.29, 1.82) is 5.26 Å². The standard InChI is InChI=1S/C11H11N5/c12-8-10-9(5-3-6-11(10)13)4-1-2-7-15-16-14/h1,3-6H,2,7,13H2. The normalized spacial score (nSPS) is 9.69. The van der Waals surface area contributed by atoms with E-state index in [0.29, 0.717) is 24.2 Å². The largest absolute Gasteiger partial charge is 0.398 e. The predicted octanol–water partition coefficient (Wildman–Crippen LogP) is 2.85. The van der Waals surface area contributed by atoms with E-state index in [1.807, 2.05) is 18.2 Å². The smallest absolute Gasteiger partial charge is 0.102 e. The number of benzene rings is 1. The Morgan fingerprint density at radius 1 is 1.56 bits per heavy atom. The number of nitrogens with two attached hydrogens (primary N) is 1. The SMILES string of the molecule is N#Cc1c(N)cccc1C=CCCN=[N+]=[N-]. The molecule has 0 heterocycles. The van der Waals surface area contributed by atoms with Gasteiger partial charge in [0.25, 0.3) is 0 Å². The van der Waals surface area contributed by atoms with Gasteiger partial charge in [-0.25, -0.2) is 0 Å². The van der Waals surface area contributed by atoms with Crippen LogP contribution in [0.15, 0.2) is 29.4 Å². The summed E-state index contributed by atoms with van der Waals surface area (Å²) in [6.45, 7) is 0.414. The highest BCUT2D eigenvalue weighted by molar-refractivity contribution is 5.67. The van der Waals surface area contributed by atoms with Crippen LogP contribution >= 0.6 is 0 Å². The van der Waals surface area contributed by atoms with Crippen molar-refractivity contribution in [3.8, 4) is 6.07 Å². The molecule has 5 heteroatoms. The summed E-state index contributed by atoms with van der Waals surface area (Å²) in [6, 6.07) is 7.36. The Morgan fingerprint density at radius 3 is 3.06 bits per heavy atom. The summed E-state index contributed by atoms with van der Waals surface area (Å²) >= 11 is 0. The van der Waals surface area contributed by atoms with Gasteiger partial charge in [0, 0.05) is 11.5 Å². The second-order valence-electron chi connectivity index (χ2n) is 3.07. The minimum atomic E-state index is 0.414. The first-order valence-electron chi connectivity index (χ1n) is 4.75. The van der Waals surface area contributed by atoms with Gasteiger partial charge in [0.1, 0.15) is 6.07 Å². The van der Waals surface area contributed by atoms with Crippen molar-refractivity contribution in [3.63, 3.8) is 0 Å². The molecule has 0 atom stereocenters. The van der Waals surface area contributed by atoms with Gasteiger partial charge in [-0.2, -0.15) is 5.26 Å². The van der Waals surface area contributed by atoms with Crippen LogP contribution in [0.3, 0.4) is 0 Å². The van der Waals surface area contributed by atoms with E-state index in [1.165, 1.54) is 0 Å². The van der Waals surface area contributed by atoms with E-state index >= 15 is 0 Å². The fourth-order valence-corrected chi connectivity index (χ4v) is 1.24. The van der Waals surface area contributed by atoms with E-state index in [1.54, 1.807) is 12.1 Å². The number of azide groups is 1. The molecule has 1 aromatic rings. The highest BCUT2D eigenvalue weighted by Crippen LogP contribution is 2.17. The molecule has 0 bridgehead atoms. The Bertz CT molecular complexity index is 478. The van der Waals surface area contributed by atoms with Crippen molar-refractivity contribution < 1.29 is 0 Å². The van der Waals surface area contributed by atoms with Gasteiger partial charge in [0.05, 0.1) is 11.3 Å². The molecule has 0 radical (unpaired) electrons. The maximum Gasteiger partial charge on any atom is 0.102 e. The number of hydrogen-bond donors (Lipinski definition) is 1. The zero-order chi connectivity index (χ0) is 11.8. The summed E-state index contributed by atoms with van der Waals surface area (Å²) in [5, 5.41) is 12.3. The number of hydrogen-bond acceptors (Lipinski definition) is 3. The van der Waals surface area contributed by atoms with E-state index in [9.17, 15) is 0 Å². The molecule has 80 valence electrons. The molecule has 0 unspecified atom stereocenters. The number of nitrogen functional groups attached to an aromatic ring is 1. The molecular weight excluding hydrogens is 202 g/mol. The number of rotatable bonds is 4. The van der Waals surface area contributed by atoms with Crippen LogP contribution in [0.25, 0.3) is 16.5 Å². The van der Waals surface area contributed by atoms with Crippen LogP contribution in [-0.2, 0) is 0 Å². The third kappa shape index (κ3) is 3.05. The topological polar surface area (TPSA) is 98.6 Å². The highest BCUT2D eigenvalue weighted by Gasteiger charge is 2.01. The minimum absolute atomic E-state index is 0.414. The summed E-state index contributed by atoms with van der Waals surface area (Å²) in [6.07, 6.45) is 4.30. The minimum Gasteiger partial charge on any atom is -0.398 e. The van der Waals surface area contributed by atoms with Crippen molar-refractivity contribution in [2.45, 2.75) is 6.42 Å². The number of anilines is 1. The zero-order valence-corrected chi connectivity index (χ0v) is 8.67. The van der Waals surface area contributed by atoms with Gasteiger partial charge in [0.2, 0.25) is 0 Å². The second-order valence-corrected chi connectivity index (χ2v) is 3.07. The van der Waals surface area contributed by atoms with Gasteiger partial charge in [0.15, 0.2) is 0 Å². The van der Waals surface area contributed by atoms with Crippen molar-refractivity contribution in [3.05, 3.63) is 45.8 Å². The summed E-state index contributed by atoms with van der Waals surface area (Å²) in [4.78, 5) is 2.65. The summed E-state index contributed by atoms with van der Waals surface area (Å²) < 4.78 is 0. The first-order chi connectivity index (χ1) is 7.79. The van der Waals surface area contributed by atoms with E-state index in [2.05, 4.69) is 16.1 Å². The molecule has 0 spiro atoms. The molecule has 0 saturated carbocycles. The molecule has 16 heavy (non-hydrogen) atoms. The average Bonchev–Trinajstić information content (AvgIpc) is 2.29. The molecule has 5 nitrogen and oxygen atoms in total. The van der Waals surface area contributed by atoms with E-state index < -0.39 is 0 Å². The average molecular weight is 213 g/mol. The highest BCUT2D eigenvalue weighted by atomic mass is 15.1. The van der Waals surface area contributed by atoms with E-state index in [0.717, 1.165) is 5.56 Å². The van der Waals surface area contributed by atoms with Crippen molar-refractivity contribution in [1.82, 2.24) is 0 Å². The Kier molecular flexibility index (Phi) is 4.45. The quantitative estimate of drug-likeness (QED) is 0.273. The van der Waals surface area contributed by atoms with Crippen LogP contribution in [0.2, 0.25) is 0 Å².